The molecule has 0 N–H and O–H groups in total. The Hall–Kier alpha value is -2.90. The molecule has 1 aromatic heterocycles. The Morgan fingerprint density at radius 2 is 2.23 bits per heavy atom. The molecule has 0 radical (unpaired) electrons. The largest absolute Gasteiger partial charge is 0.482 e. The van der Waals surface area contributed by atoms with Crippen LogP contribution in [0.3, 0.4) is 0 Å². The van der Waals surface area contributed by atoms with Crippen LogP contribution in [0.1, 0.15) is 11.7 Å². The summed E-state index contributed by atoms with van der Waals surface area (Å²) in [5, 5.41) is 3.59. The van der Waals surface area contributed by atoms with E-state index in [0.717, 1.165) is 0 Å². The summed E-state index contributed by atoms with van der Waals surface area (Å²) >= 11 is 0. The first-order valence-corrected chi connectivity index (χ1v) is 6.60. The molecule has 1 aliphatic rings. The van der Waals surface area contributed by atoms with Crippen molar-refractivity contribution in [1.82, 2.24) is 10.1 Å². The van der Waals surface area contributed by atoms with Crippen LogP contribution in [0.5, 0.6) is 5.75 Å². The number of ether oxygens (including phenoxy) is 2. The predicted octanol–water partition coefficient (Wildman–Crippen LogP) is 0.847. The fourth-order valence-electron chi connectivity index (χ4n) is 2.04. The van der Waals surface area contributed by atoms with Gasteiger partial charge in [0, 0.05) is 0 Å². The molecule has 8 nitrogen and oxygen atoms in total. The molecule has 0 bridgehead atoms. The molecule has 8 heteroatoms. The molecule has 1 amide bonds. The molecule has 1 aliphatic heterocycles. The molecular formula is C14H13N3O5. The lowest BCUT2D eigenvalue weighted by Crippen LogP contribution is -2.42. The van der Waals surface area contributed by atoms with Crippen LogP contribution in [-0.2, 0) is 20.9 Å². The molecule has 0 fully saturated rings. The van der Waals surface area contributed by atoms with Gasteiger partial charge in [0.2, 0.25) is 0 Å². The summed E-state index contributed by atoms with van der Waals surface area (Å²) in [4.78, 5) is 29.1. The maximum atomic E-state index is 11.9. The zero-order chi connectivity index (χ0) is 15.5. The van der Waals surface area contributed by atoms with E-state index in [1.165, 1.54) is 4.90 Å². The summed E-state index contributed by atoms with van der Waals surface area (Å²) in [7, 11) is 0. The highest BCUT2D eigenvalue weighted by molar-refractivity contribution is 6.01. The number of carbonyl (C=O) groups is 2. The van der Waals surface area contributed by atoms with Crippen molar-refractivity contribution in [2.45, 2.75) is 13.5 Å². The molecular weight excluding hydrogens is 290 g/mol. The molecule has 0 unspecified atom stereocenters. The van der Waals surface area contributed by atoms with Crippen LogP contribution in [-0.4, -0.2) is 35.2 Å². The number of fused-ring (bicyclic) bond motifs is 1. The number of esters is 1. The fourth-order valence-corrected chi connectivity index (χ4v) is 2.04. The van der Waals surface area contributed by atoms with Crippen molar-refractivity contribution in [2.24, 2.45) is 0 Å². The van der Waals surface area contributed by atoms with E-state index in [-0.39, 0.29) is 31.6 Å². The number of aryl methyl sites for hydroxylation is 1. The summed E-state index contributed by atoms with van der Waals surface area (Å²) in [6.07, 6.45) is 0. The molecule has 2 heterocycles. The Bertz CT molecular complexity index is 712. The summed E-state index contributed by atoms with van der Waals surface area (Å²) < 4.78 is 15.2. The predicted molar refractivity (Wildman–Crippen MR) is 73.1 cm³/mol. The monoisotopic (exact) mass is 303 g/mol. The quantitative estimate of drug-likeness (QED) is 0.772. The van der Waals surface area contributed by atoms with Crippen molar-refractivity contribution >= 4 is 17.6 Å². The molecule has 0 spiro atoms. The highest BCUT2D eigenvalue weighted by Crippen LogP contribution is 2.31. The molecule has 0 atom stereocenters. The fraction of sp³-hybridized carbons (Fsp3) is 0.286. The summed E-state index contributed by atoms with van der Waals surface area (Å²) in [5.41, 5.74) is 0.546. The van der Waals surface area contributed by atoms with E-state index in [1.807, 2.05) is 0 Å². The van der Waals surface area contributed by atoms with Gasteiger partial charge >= 0.3 is 5.97 Å². The molecule has 22 heavy (non-hydrogen) atoms. The van der Waals surface area contributed by atoms with Crippen LogP contribution in [0, 0.1) is 6.92 Å². The normalized spacial score (nSPS) is 13.5. The first-order valence-electron chi connectivity index (χ1n) is 6.60. The zero-order valence-corrected chi connectivity index (χ0v) is 11.8. The lowest BCUT2D eigenvalue weighted by atomic mass is 10.2. The lowest BCUT2D eigenvalue weighted by Gasteiger charge is -2.28. The van der Waals surface area contributed by atoms with Crippen molar-refractivity contribution in [3.63, 3.8) is 0 Å². The third kappa shape index (κ3) is 2.90. The van der Waals surface area contributed by atoms with Gasteiger partial charge < -0.3 is 14.0 Å². The zero-order valence-electron chi connectivity index (χ0n) is 11.8. The number of nitrogens with zero attached hydrogens (tertiary/aromatic N) is 3. The molecule has 0 saturated heterocycles. The second kappa shape index (κ2) is 5.84. The third-order valence-electron chi connectivity index (χ3n) is 3.02. The van der Waals surface area contributed by atoms with E-state index < -0.39 is 5.97 Å². The van der Waals surface area contributed by atoms with Gasteiger partial charge in [-0.2, -0.15) is 4.98 Å². The Morgan fingerprint density at radius 1 is 1.41 bits per heavy atom. The molecule has 3 rings (SSSR count). The summed E-state index contributed by atoms with van der Waals surface area (Å²) in [5.74, 6) is 0.357. The number of anilines is 1. The number of para-hydroxylation sites is 2. The van der Waals surface area contributed by atoms with Gasteiger partial charge in [0.1, 0.15) is 12.3 Å². The number of benzene rings is 1. The summed E-state index contributed by atoms with van der Waals surface area (Å²) in [6.45, 7) is 1.23. The average molecular weight is 303 g/mol. The van der Waals surface area contributed by atoms with Gasteiger partial charge in [0.15, 0.2) is 19.0 Å². The van der Waals surface area contributed by atoms with Gasteiger partial charge in [-0.15, -0.1) is 0 Å². The van der Waals surface area contributed by atoms with Crippen LogP contribution in [0.25, 0.3) is 0 Å². The molecule has 2 aromatic rings. The number of rotatable bonds is 4. The Kier molecular flexibility index (Phi) is 3.73. The van der Waals surface area contributed by atoms with Gasteiger partial charge in [-0.05, 0) is 19.1 Å². The molecule has 0 saturated carbocycles. The van der Waals surface area contributed by atoms with E-state index in [4.69, 9.17) is 14.0 Å². The van der Waals surface area contributed by atoms with Crippen molar-refractivity contribution in [3.05, 3.63) is 36.0 Å². The van der Waals surface area contributed by atoms with Crippen LogP contribution in [0.15, 0.2) is 28.8 Å². The highest BCUT2D eigenvalue weighted by atomic mass is 16.6. The molecule has 1 aromatic carbocycles. The maximum absolute atomic E-state index is 11.9. The Balaban J connectivity index is 1.64. The van der Waals surface area contributed by atoms with E-state index in [2.05, 4.69) is 10.1 Å². The van der Waals surface area contributed by atoms with E-state index >= 15 is 0 Å². The van der Waals surface area contributed by atoms with Gasteiger partial charge in [0.25, 0.3) is 11.8 Å². The van der Waals surface area contributed by atoms with Crippen molar-refractivity contribution in [3.8, 4) is 5.75 Å². The SMILES string of the molecule is Cc1noc(COC(=O)CN2C(=O)COc3ccccc32)n1. The Labute approximate surface area is 125 Å². The van der Waals surface area contributed by atoms with E-state index in [0.29, 0.717) is 17.3 Å². The van der Waals surface area contributed by atoms with Crippen LogP contribution >= 0.6 is 0 Å². The number of aromatic nitrogens is 2. The first kappa shape index (κ1) is 14.1. The van der Waals surface area contributed by atoms with Gasteiger partial charge in [-0.25, -0.2) is 0 Å². The number of carbonyl (C=O) groups excluding carboxylic acids is 2. The van der Waals surface area contributed by atoms with Crippen molar-refractivity contribution < 1.29 is 23.6 Å². The van der Waals surface area contributed by atoms with Crippen molar-refractivity contribution in [2.75, 3.05) is 18.1 Å². The average Bonchev–Trinajstić information content (AvgIpc) is 2.94. The topological polar surface area (TPSA) is 94.8 Å². The number of hydrogen-bond donors (Lipinski definition) is 0. The van der Waals surface area contributed by atoms with Crippen LogP contribution in [0.4, 0.5) is 5.69 Å². The minimum atomic E-state index is -0.569. The number of amides is 1. The standard InChI is InChI=1S/C14H13N3O5/c1-9-15-12(22-16-9)7-21-14(19)6-17-10-4-2-3-5-11(10)20-8-13(17)18/h2-5H,6-8H2,1H3. The van der Waals surface area contributed by atoms with Crippen LogP contribution in [0.2, 0.25) is 0 Å². The van der Waals surface area contributed by atoms with Gasteiger partial charge in [-0.1, -0.05) is 17.3 Å². The molecule has 114 valence electrons. The van der Waals surface area contributed by atoms with Gasteiger partial charge in [0.05, 0.1) is 5.69 Å². The lowest BCUT2D eigenvalue weighted by molar-refractivity contribution is -0.145. The smallest absolute Gasteiger partial charge is 0.326 e. The highest BCUT2D eigenvalue weighted by Gasteiger charge is 2.27. The van der Waals surface area contributed by atoms with E-state index in [9.17, 15) is 9.59 Å². The van der Waals surface area contributed by atoms with Crippen LogP contribution < -0.4 is 9.64 Å². The molecule has 0 aliphatic carbocycles. The van der Waals surface area contributed by atoms with E-state index in [1.54, 1.807) is 31.2 Å². The summed E-state index contributed by atoms with van der Waals surface area (Å²) in [6, 6.07) is 7.01. The Morgan fingerprint density at radius 3 is 3.00 bits per heavy atom. The second-order valence-corrected chi connectivity index (χ2v) is 4.63. The maximum Gasteiger partial charge on any atom is 0.326 e. The minimum absolute atomic E-state index is 0.104. The van der Waals surface area contributed by atoms with Crippen molar-refractivity contribution in [1.29, 1.82) is 0 Å². The minimum Gasteiger partial charge on any atom is -0.482 e. The third-order valence-corrected chi connectivity index (χ3v) is 3.02. The first-order chi connectivity index (χ1) is 10.6. The number of hydrogen-bond acceptors (Lipinski definition) is 7. The second-order valence-electron chi connectivity index (χ2n) is 4.63. The van der Waals surface area contributed by atoms with Gasteiger partial charge in [-0.3, -0.25) is 14.5 Å².